The maximum absolute atomic E-state index is 15.0. The maximum Gasteiger partial charge on any atom is 0.350 e. The minimum Gasteiger partial charge on any atom is -0.463 e. The lowest BCUT2D eigenvalue weighted by atomic mass is 9.63. The zero-order valence-electron chi connectivity index (χ0n) is 33.3. The van der Waals surface area contributed by atoms with E-state index < -0.39 is 23.0 Å². The molecule has 6 aliphatic rings. The number of esters is 1. The van der Waals surface area contributed by atoms with E-state index in [1.807, 2.05) is 26.1 Å². The van der Waals surface area contributed by atoms with E-state index in [4.69, 9.17) is 9.47 Å². The zero-order chi connectivity index (χ0) is 38.7. The van der Waals surface area contributed by atoms with Gasteiger partial charge in [0.1, 0.15) is 5.82 Å². The van der Waals surface area contributed by atoms with Gasteiger partial charge in [0.25, 0.3) is 5.60 Å². The molecule has 7 rings (SSSR count). The van der Waals surface area contributed by atoms with Gasteiger partial charge in [0.15, 0.2) is 11.4 Å². The van der Waals surface area contributed by atoms with Crippen LogP contribution in [0.3, 0.4) is 0 Å². The molecule has 1 saturated heterocycles. The number of benzene rings is 1. The lowest BCUT2D eigenvalue weighted by Crippen LogP contribution is -2.52. The molecule has 8 unspecified atom stereocenters. The van der Waals surface area contributed by atoms with Crippen molar-refractivity contribution in [2.45, 2.75) is 109 Å². The van der Waals surface area contributed by atoms with E-state index >= 15 is 0 Å². The summed E-state index contributed by atoms with van der Waals surface area (Å²) < 4.78 is 12.6. The molecule has 3 heterocycles. The number of carbonyl (C=O) groups excluding carboxylic acids is 3. The second kappa shape index (κ2) is 16.9. The van der Waals surface area contributed by atoms with Crippen molar-refractivity contribution in [3.05, 3.63) is 81.7 Å². The number of rotatable bonds is 11. The molecule has 10 nitrogen and oxygen atoms in total. The number of fused-ring (bicyclic) bond motifs is 1. The first-order chi connectivity index (χ1) is 26.6. The zero-order valence-corrected chi connectivity index (χ0v) is 33.3. The number of epoxide rings is 1. The van der Waals surface area contributed by atoms with Crippen LogP contribution in [0.25, 0.3) is 0 Å². The highest BCUT2D eigenvalue weighted by molar-refractivity contribution is 6.33. The monoisotopic (exact) mass is 754 g/mol. The number of dihydropyridines is 1. The molecule has 3 aliphatic carbocycles. The molecule has 5 N–H and O–H groups in total. The fourth-order valence-corrected chi connectivity index (χ4v) is 10.4. The fraction of sp³-hybridized carbons (Fsp3) is 0.622. The van der Waals surface area contributed by atoms with Crippen molar-refractivity contribution in [3.63, 3.8) is 0 Å². The molecule has 0 aromatic heterocycles. The summed E-state index contributed by atoms with van der Waals surface area (Å²) in [7, 11) is 1.88. The van der Waals surface area contributed by atoms with E-state index in [9.17, 15) is 19.5 Å². The topological polar surface area (TPSA) is 141 Å². The van der Waals surface area contributed by atoms with Gasteiger partial charge in [0, 0.05) is 36.1 Å². The van der Waals surface area contributed by atoms with Crippen molar-refractivity contribution in [2.75, 3.05) is 40.0 Å². The van der Waals surface area contributed by atoms with Gasteiger partial charge in [-0.25, -0.2) is 4.79 Å². The van der Waals surface area contributed by atoms with Crippen molar-refractivity contribution in [3.8, 4) is 0 Å². The van der Waals surface area contributed by atoms with E-state index in [1.165, 1.54) is 12.8 Å². The van der Waals surface area contributed by atoms with Gasteiger partial charge >= 0.3 is 5.97 Å². The highest BCUT2D eigenvalue weighted by atomic mass is 16.7. The summed E-state index contributed by atoms with van der Waals surface area (Å²) in [6.07, 6.45) is 18.5. The van der Waals surface area contributed by atoms with Gasteiger partial charge in [0.2, 0.25) is 5.78 Å². The minimum atomic E-state index is -2.08. The molecule has 298 valence electrons. The average molecular weight is 755 g/mol. The van der Waals surface area contributed by atoms with Crippen molar-refractivity contribution in [1.82, 2.24) is 21.3 Å². The molecule has 0 amide bonds. The van der Waals surface area contributed by atoms with Crippen LogP contribution < -0.4 is 21.3 Å². The predicted octanol–water partition coefficient (Wildman–Crippen LogP) is 5.68. The maximum atomic E-state index is 15.0. The molecule has 8 atom stereocenters. The standard InChI is InChI=1S/C45H62N4O6/c1-5-47-38-23-32-13-8-12-31-11-7-6-10-28(2)20-33-14-9-15-36-40(33)42(52)45(43(53)54-26-34(38)22-37(31)32)44(55-45,41(36)51)24-35(25-50)29(3)16-17-30-18-19-48-39(21-30)49-27-46-4/h8-9,13-15,18,21,28,31-32,34,37-38,46-50H,5-7,10-12,16-17,19-20,22-27H2,1-4H3. The highest BCUT2D eigenvalue weighted by Gasteiger charge is 2.85. The van der Waals surface area contributed by atoms with E-state index in [0.717, 1.165) is 67.6 Å². The number of aliphatic hydroxyl groups is 1. The summed E-state index contributed by atoms with van der Waals surface area (Å²) in [4.78, 5) is 44.4. The molecule has 4 bridgehead atoms. The van der Waals surface area contributed by atoms with Crippen LogP contribution in [-0.4, -0.2) is 79.9 Å². The van der Waals surface area contributed by atoms with E-state index in [0.29, 0.717) is 66.4 Å². The third kappa shape index (κ3) is 7.64. The van der Waals surface area contributed by atoms with Crippen LogP contribution in [0.4, 0.5) is 0 Å². The predicted molar refractivity (Wildman–Crippen MR) is 213 cm³/mol. The van der Waals surface area contributed by atoms with Gasteiger partial charge in [-0.1, -0.05) is 75.1 Å². The van der Waals surface area contributed by atoms with Crippen LogP contribution in [0.15, 0.2) is 65.0 Å². The third-order valence-electron chi connectivity index (χ3n) is 13.6. The van der Waals surface area contributed by atoms with Gasteiger partial charge in [-0.3, -0.25) is 9.59 Å². The molecular weight excluding hydrogens is 693 g/mol. The van der Waals surface area contributed by atoms with E-state index in [2.05, 4.69) is 59.4 Å². The number of ether oxygens (including phenoxy) is 2. The second-order valence-corrected chi connectivity index (χ2v) is 17.1. The van der Waals surface area contributed by atoms with E-state index in [1.54, 1.807) is 6.07 Å². The van der Waals surface area contributed by atoms with Crippen LogP contribution in [0, 0.1) is 29.6 Å². The first kappa shape index (κ1) is 39.7. The first-order valence-corrected chi connectivity index (χ1v) is 21.0. The Hall–Kier alpha value is -3.57. The summed E-state index contributed by atoms with van der Waals surface area (Å²) in [5.74, 6) is 1.34. The van der Waals surface area contributed by atoms with Crippen LogP contribution in [0.1, 0.15) is 111 Å². The van der Waals surface area contributed by atoms with Crippen LogP contribution in [0.2, 0.25) is 0 Å². The number of carbonyl (C=O) groups is 3. The van der Waals surface area contributed by atoms with Crippen molar-refractivity contribution in [1.29, 1.82) is 0 Å². The first-order valence-electron chi connectivity index (χ1n) is 21.0. The quantitative estimate of drug-likeness (QED) is 0.0630. The molecule has 1 aromatic rings. The molecule has 2 fully saturated rings. The van der Waals surface area contributed by atoms with Crippen LogP contribution >= 0.6 is 0 Å². The smallest absolute Gasteiger partial charge is 0.350 e. The van der Waals surface area contributed by atoms with Gasteiger partial charge in [0.05, 0.1) is 19.9 Å². The molecule has 3 aliphatic heterocycles. The largest absolute Gasteiger partial charge is 0.463 e. The molecule has 0 radical (unpaired) electrons. The highest BCUT2D eigenvalue weighted by Crippen LogP contribution is 2.60. The summed E-state index contributed by atoms with van der Waals surface area (Å²) in [5, 5.41) is 24.2. The number of nitrogens with one attached hydrogen (secondary N) is 4. The Bertz CT molecular complexity index is 1760. The van der Waals surface area contributed by atoms with Crippen molar-refractivity contribution in [2.24, 2.45) is 29.6 Å². The number of hydrogen-bond donors (Lipinski definition) is 5. The van der Waals surface area contributed by atoms with E-state index in [-0.39, 0.29) is 37.4 Å². The van der Waals surface area contributed by atoms with Gasteiger partial charge in [-0.05, 0) is 112 Å². The van der Waals surface area contributed by atoms with Gasteiger partial charge in [-0.15, -0.1) is 0 Å². The SMILES string of the molecule is CCNC1CC2C=CCC3CCCCC(C)Cc4cccc5c4C(=O)C4(OC4(CC(CO)=C(C)CCC4=CCNC(NCNC)=C4)C5=O)C(=O)OCC1CC23. The fourth-order valence-electron chi connectivity index (χ4n) is 10.4. The number of aliphatic hydroxyl groups excluding tert-OH is 1. The summed E-state index contributed by atoms with van der Waals surface area (Å²) >= 11 is 0. The summed E-state index contributed by atoms with van der Waals surface area (Å²) in [5.41, 5.74) is 0.213. The van der Waals surface area contributed by atoms with Crippen molar-refractivity contribution < 1.29 is 29.0 Å². The number of cyclic esters (lactones) is 1. The van der Waals surface area contributed by atoms with Crippen LogP contribution in [0.5, 0.6) is 0 Å². The van der Waals surface area contributed by atoms with Gasteiger partial charge < -0.3 is 35.8 Å². The number of allylic oxidation sites excluding steroid dienone is 5. The Morgan fingerprint density at radius 3 is 2.73 bits per heavy atom. The Morgan fingerprint density at radius 1 is 1.09 bits per heavy atom. The summed E-state index contributed by atoms with van der Waals surface area (Å²) in [6, 6.07) is 5.65. The molecular formula is C45H62N4O6. The normalized spacial score (nSPS) is 33.6. The van der Waals surface area contributed by atoms with Gasteiger partial charge in [-0.2, -0.15) is 0 Å². The third-order valence-corrected chi connectivity index (χ3v) is 13.6. The molecule has 1 spiro atoms. The number of ketones is 2. The second-order valence-electron chi connectivity index (χ2n) is 17.1. The lowest BCUT2D eigenvalue weighted by molar-refractivity contribution is -0.150. The summed E-state index contributed by atoms with van der Waals surface area (Å²) in [6.45, 7) is 8.29. The molecule has 1 saturated carbocycles. The Morgan fingerprint density at radius 2 is 1.93 bits per heavy atom. The Balaban J connectivity index is 1.21. The lowest BCUT2D eigenvalue weighted by Gasteiger charge is -2.45. The Kier molecular flexibility index (Phi) is 12.2. The Labute approximate surface area is 327 Å². The molecule has 10 heteroatoms. The number of Topliss-reactive ketones (excluding diaryl/α,β-unsaturated/α-hetero) is 2. The molecule has 55 heavy (non-hydrogen) atoms. The van der Waals surface area contributed by atoms with Crippen molar-refractivity contribution >= 4 is 17.5 Å². The number of hydrogen-bond acceptors (Lipinski definition) is 10. The minimum absolute atomic E-state index is 0.0539. The average Bonchev–Trinajstić information content (AvgIpc) is 3.89. The molecule has 1 aromatic carbocycles. The van der Waals surface area contributed by atoms with Crippen LogP contribution in [-0.2, 0) is 20.7 Å².